The van der Waals surface area contributed by atoms with Gasteiger partial charge in [-0.25, -0.2) is 0 Å². The first kappa shape index (κ1) is 11.9. The molecule has 0 heterocycles. The van der Waals surface area contributed by atoms with E-state index in [1.54, 1.807) is 0 Å². The van der Waals surface area contributed by atoms with Crippen LogP contribution in [0.15, 0.2) is 24.3 Å². The molecule has 1 nitrogen and oxygen atoms in total. The van der Waals surface area contributed by atoms with Crippen molar-refractivity contribution in [2.75, 3.05) is 18.8 Å². The van der Waals surface area contributed by atoms with E-state index in [1.165, 1.54) is 5.56 Å². The van der Waals surface area contributed by atoms with Gasteiger partial charge in [0.25, 0.3) is 0 Å². The van der Waals surface area contributed by atoms with E-state index in [-0.39, 0.29) is 0 Å². The van der Waals surface area contributed by atoms with Crippen LogP contribution in [0.2, 0.25) is 5.02 Å². The molecule has 0 unspecified atom stereocenters. The first-order valence-electron chi connectivity index (χ1n) is 4.89. The highest BCUT2D eigenvalue weighted by atomic mass is 35.5. The van der Waals surface area contributed by atoms with E-state index < -0.39 is 0 Å². The molecule has 0 spiro atoms. The van der Waals surface area contributed by atoms with Gasteiger partial charge in [-0.3, -0.25) is 0 Å². The first-order chi connectivity index (χ1) is 6.83. The molecule has 0 saturated carbocycles. The minimum atomic E-state index is 0.803. The van der Waals surface area contributed by atoms with E-state index in [1.807, 2.05) is 12.1 Å². The van der Waals surface area contributed by atoms with Crippen molar-refractivity contribution in [3.63, 3.8) is 0 Å². The van der Waals surface area contributed by atoms with Crippen molar-refractivity contribution in [1.82, 2.24) is 5.32 Å². The van der Waals surface area contributed by atoms with Crippen LogP contribution in [0.5, 0.6) is 0 Å². The SMILES string of the molecule is SCCCNCCc1ccc(Cl)cc1. The van der Waals surface area contributed by atoms with Crippen LogP contribution in [0.25, 0.3) is 0 Å². The van der Waals surface area contributed by atoms with E-state index in [4.69, 9.17) is 11.6 Å². The molecule has 78 valence electrons. The van der Waals surface area contributed by atoms with Crippen LogP contribution >= 0.6 is 24.2 Å². The third-order valence-corrected chi connectivity index (χ3v) is 2.58. The highest BCUT2D eigenvalue weighted by molar-refractivity contribution is 7.80. The summed E-state index contributed by atoms with van der Waals surface area (Å²) in [7, 11) is 0. The quantitative estimate of drug-likeness (QED) is 0.565. The normalized spacial score (nSPS) is 10.4. The van der Waals surface area contributed by atoms with Crippen LogP contribution < -0.4 is 5.32 Å². The van der Waals surface area contributed by atoms with E-state index in [0.717, 1.165) is 36.7 Å². The number of benzene rings is 1. The Kier molecular flexibility index (Phi) is 6.08. The van der Waals surface area contributed by atoms with E-state index >= 15 is 0 Å². The average molecular weight is 230 g/mol. The average Bonchev–Trinajstić information content (AvgIpc) is 2.21. The minimum Gasteiger partial charge on any atom is -0.316 e. The van der Waals surface area contributed by atoms with Gasteiger partial charge in [-0.2, -0.15) is 12.6 Å². The number of hydrogen-bond acceptors (Lipinski definition) is 2. The lowest BCUT2D eigenvalue weighted by Crippen LogP contribution is -2.18. The molecular weight excluding hydrogens is 214 g/mol. The second-order valence-electron chi connectivity index (χ2n) is 3.20. The van der Waals surface area contributed by atoms with Crippen LogP contribution in [0.3, 0.4) is 0 Å². The molecule has 0 aliphatic rings. The van der Waals surface area contributed by atoms with Crippen molar-refractivity contribution >= 4 is 24.2 Å². The number of nitrogens with one attached hydrogen (secondary N) is 1. The summed E-state index contributed by atoms with van der Waals surface area (Å²) in [5.74, 6) is 0.952. The summed E-state index contributed by atoms with van der Waals surface area (Å²) in [5.41, 5.74) is 1.33. The maximum Gasteiger partial charge on any atom is 0.0406 e. The zero-order valence-corrected chi connectivity index (χ0v) is 9.82. The molecule has 0 atom stereocenters. The van der Waals surface area contributed by atoms with Gasteiger partial charge in [-0.05, 0) is 49.4 Å². The lowest BCUT2D eigenvalue weighted by Gasteiger charge is -2.03. The molecule has 0 aliphatic carbocycles. The van der Waals surface area contributed by atoms with Gasteiger partial charge in [-0.1, -0.05) is 23.7 Å². The van der Waals surface area contributed by atoms with Crippen molar-refractivity contribution in [3.8, 4) is 0 Å². The van der Waals surface area contributed by atoms with Gasteiger partial charge < -0.3 is 5.32 Å². The molecular formula is C11H16ClNS. The Morgan fingerprint density at radius 3 is 2.50 bits per heavy atom. The van der Waals surface area contributed by atoms with E-state index in [0.29, 0.717) is 0 Å². The van der Waals surface area contributed by atoms with Crippen LogP contribution in [0, 0.1) is 0 Å². The lowest BCUT2D eigenvalue weighted by atomic mass is 10.1. The standard InChI is InChI=1S/C11H16ClNS/c12-11-4-2-10(3-5-11)6-8-13-7-1-9-14/h2-5,13-14H,1,6-9H2. The van der Waals surface area contributed by atoms with Gasteiger partial charge >= 0.3 is 0 Å². The summed E-state index contributed by atoms with van der Waals surface area (Å²) in [6.45, 7) is 2.08. The summed E-state index contributed by atoms with van der Waals surface area (Å²) in [4.78, 5) is 0. The van der Waals surface area contributed by atoms with Crippen molar-refractivity contribution in [2.24, 2.45) is 0 Å². The summed E-state index contributed by atoms with van der Waals surface area (Å²) < 4.78 is 0. The Hall–Kier alpha value is -0.180. The van der Waals surface area contributed by atoms with Gasteiger partial charge in [-0.15, -0.1) is 0 Å². The molecule has 0 amide bonds. The maximum atomic E-state index is 5.79. The lowest BCUT2D eigenvalue weighted by molar-refractivity contribution is 0.675. The van der Waals surface area contributed by atoms with Crippen molar-refractivity contribution in [2.45, 2.75) is 12.8 Å². The minimum absolute atomic E-state index is 0.803. The molecule has 0 aromatic heterocycles. The van der Waals surface area contributed by atoms with Crippen LogP contribution in [-0.4, -0.2) is 18.8 Å². The van der Waals surface area contributed by atoms with Crippen LogP contribution in [-0.2, 0) is 6.42 Å². The van der Waals surface area contributed by atoms with E-state index in [9.17, 15) is 0 Å². The second kappa shape index (κ2) is 7.16. The van der Waals surface area contributed by atoms with Gasteiger partial charge in [0.05, 0.1) is 0 Å². The van der Waals surface area contributed by atoms with Gasteiger partial charge in [0.1, 0.15) is 0 Å². The van der Waals surface area contributed by atoms with Gasteiger partial charge in [0.15, 0.2) is 0 Å². The van der Waals surface area contributed by atoms with Crippen molar-refractivity contribution in [1.29, 1.82) is 0 Å². The smallest absolute Gasteiger partial charge is 0.0406 e. The Balaban J connectivity index is 2.15. The number of hydrogen-bond donors (Lipinski definition) is 2. The van der Waals surface area contributed by atoms with Gasteiger partial charge in [0.2, 0.25) is 0 Å². The zero-order valence-electron chi connectivity index (χ0n) is 8.17. The molecule has 1 rings (SSSR count). The predicted molar refractivity (Wildman–Crippen MR) is 66.5 cm³/mol. The Morgan fingerprint density at radius 2 is 1.86 bits per heavy atom. The Bertz CT molecular complexity index is 248. The molecule has 0 fully saturated rings. The summed E-state index contributed by atoms with van der Waals surface area (Å²) in [6, 6.07) is 8.01. The number of rotatable bonds is 6. The highest BCUT2D eigenvalue weighted by Gasteiger charge is 1.92. The molecule has 1 aromatic carbocycles. The topological polar surface area (TPSA) is 12.0 Å². The zero-order chi connectivity index (χ0) is 10.2. The van der Waals surface area contributed by atoms with E-state index in [2.05, 4.69) is 30.1 Å². The molecule has 3 heteroatoms. The van der Waals surface area contributed by atoms with Gasteiger partial charge in [0, 0.05) is 5.02 Å². The molecule has 0 bridgehead atoms. The first-order valence-corrected chi connectivity index (χ1v) is 5.90. The third-order valence-electron chi connectivity index (χ3n) is 2.02. The monoisotopic (exact) mass is 229 g/mol. The molecule has 0 aliphatic heterocycles. The Labute approximate surface area is 96.3 Å². The maximum absolute atomic E-state index is 5.79. The molecule has 1 N–H and O–H groups in total. The Morgan fingerprint density at radius 1 is 1.14 bits per heavy atom. The highest BCUT2D eigenvalue weighted by Crippen LogP contribution is 2.09. The predicted octanol–water partition coefficient (Wildman–Crippen LogP) is 2.79. The molecule has 14 heavy (non-hydrogen) atoms. The molecule has 0 radical (unpaired) electrons. The summed E-state index contributed by atoms with van der Waals surface area (Å²) in [6.07, 6.45) is 2.19. The van der Waals surface area contributed by atoms with Crippen LogP contribution in [0.1, 0.15) is 12.0 Å². The fraction of sp³-hybridized carbons (Fsp3) is 0.455. The number of halogens is 1. The largest absolute Gasteiger partial charge is 0.316 e. The fourth-order valence-corrected chi connectivity index (χ4v) is 1.50. The van der Waals surface area contributed by atoms with Crippen molar-refractivity contribution in [3.05, 3.63) is 34.9 Å². The fourth-order valence-electron chi connectivity index (χ4n) is 1.21. The van der Waals surface area contributed by atoms with Crippen molar-refractivity contribution < 1.29 is 0 Å². The summed E-state index contributed by atoms with van der Waals surface area (Å²) >= 11 is 9.94. The molecule has 1 aromatic rings. The third kappa shape index (κ3) is 4.89. The number of thiol groups is 1. The second-order valence-corrected chi connectivity index (χ2v) is 4.09. The summed E-state index contributed by atoms with van der Waals surface area (Å²) in [5, 5.41) is 4.17. The van der Waals surface area contributed by atoms with Crippen LogP contribution in [0.4, 0.5) is 0 Å². The molecule has 0 saturated heterocycles.